The van der Waals surface area contributed by atoms with Crippen molar-refractivity contribution in [2.45, 2.75) is 32.0 Å². The average molecular weight is 388 g/mol. The molecule has 0 unspecified atom stereocenters. The molecule has 0 bridgehead atoms. The second-order valence-electron chi connectivity index (χ2n) is 6.29. The van der Waals surface area contributed by atoms with Gasteiger partial charge >= 0.3 is 6.18 Å². The van der Waals surface area contributed by atoms with Gasteiger partial charge in [0.05, 0.1) is 6.54 Å². The summed E-state index contributed by atoms with van der Waals surface area (Å²) in [6.07, 6.45) is -4.44. The summed E-state index contributed by atoms with van der Waals surface area (Å²) >= 11 is 0.939. The molecule has 0 saturated carbocycles. The van der Waals surface area contributed by atoms with Gasteiger partial charge in [-0.25, -0.2) is 9.37 Å². The molecular formula is C17H20F4N4S. The van der Waals surface area contributed by atoms with Crippen LogP contribution in [0, 0.1) is 5.82 Å². The van der Waals surface area contributed by atoms with E-state index in [0.29, 0.717) is 17.5 Å². The molecule has 0 atom stereocenters. The van der Waals surface area contributed by atoms with Crippen molar-refractivity contribution in [3.63, 3.8) is 0 Å². The number of guanidine groups is 1. The SMILES string of the molecule is CN=C(NCc1nc(C(F)(F)F)cs1)NCC(C)(C)c1ccc(F)cc1. The van der Waals surface area contributed by atoms with Crippen LogP contribution in [0.1, 0.15) is 30.1 Å². The van der Waals surface area contributed by atoms with Gasteiger partial charge in [-0.1, -0.05) is 26.0 Å². The van der Waals surface area contributed by atoms with Gasteiger partial charge in [-0.05, 0) is 17.7 Å². The van der Waals surface area contributed by atoms with Crippen molar-refractivity contribution in [1.82, 2.24) is 15.6 Å². The van der Waals surface area contributed by atoms with Crippen LogP contribution in [0.25, 0.3) is 0 Å². The van der Waals surface area contributed by atoms with Crippen molar-refractivity contribution >= 4 is 17.3 Å². The quantitative estimate of drug-likeness (QED) is 0.463. The van der Waals surface area contributed by atoms with E-state index in [1.54, 1.807) is 19.2 Å². The van der Waals surface area contributed by atoms with E-state index in [9.17, 15) is 17.6 Å². The van der Waals surface area contributed by atoms with Crippen molar-refractivity contribution < 1.29 is 17.6 Å². The van der Waals surface area contributed by atoms with Gasteiger partial charge in [0.15, 0.2) is 11.7 Å². The van der Waals surface area contributed by atoms with E-state index in [2.05, 4.69) is 20.6 Å². The fourth-order valence-electron chi connectivity index (χ4n) is 2.21. The maximum Gasteiger partial charge on any atom is 0.434 e. The molecule has 1 aromatic heterocycles. The number of benzene rings is 1. The first kappa shape index (κ1) is 20.2. The van der Waals surface area contributed by atoms with Gasteiger partial charge in [0.1, 0.15) is 10.8 Å². The molecule has 0 amide bonds. The lowest BCUT2D eigenvalue weighted by Crippen LogP contribution is -2.43. The van der Waals surface area contributed by atoms with E-state index < -0.39 is 11.9 Å². The summed E-state index contributed by atoms with van der Waals surface area (Å²) in [5.74, 6) is 0.153. The Kier molecular flexibility index (Phi) is 6.22. The fraction of sp³-hybridized carbons (Fsp3) is 0.412. The third kappa shape index (κ3) is 5.42. The number of nitrogens with zero attached hydrogens (tertiary/aromatic N) is 2. The number of hydrogen-bond acceptors (Lipinski definition) is 3. The highest BCUT2D eigenvalue weighted by Gasteiger charge is 2.33. The molecule has 9 heteroatoms. The summed E-state index contributed by atoms with van der Waals surface area (Å²) in [5.41, 5.74) is -0.230. The van der Waals surface area contributed by atoms with Crippen LogP contribution in [-0.4, -0.2) is 24.5 Å². The third-order valence-corrected chi connectivity index (χ3v) is 4.65. The Labute approximate surface area is 153 Å². The zero-order valence-electron chi connectivity index (χ0n) is 14.6. The lowest BCUT2D eigenvalue weighted by molar-refractivity contribution is -0.140. The van der Waals surface area contributed by atoms with Crippen molar-refractivity contribution in [1.29, 1.82) is 0 Å². The van der Waals surface area contributed by atoms with Crippen LogP contribution < -0.4 is 10.6 Å². The standard InChI is InChI=1S/C17H20F4N4S/c1-16(2,11-4-6-12(18)7-5-11)10-24-15(22-3)23-8-14-25-13(9-26-14)17(19,20)21/h4-7,9H,8,10H2,1-3H3,(H2,22,23,24). The molecule has 26 heavy (non-hydrogen) atoms. The van der Waals surface area contributed by atoms with Crippen molar-refractivity contribution in [3.05, 3.63) is 51.7 Å². The Morgan fingerprint density at radius 3 is 2.35 bits per heavy atom. The van der Waals surface area contributed by atoms with Crippen molar-refractivity contribution in [2.75, 3.05) is 13.6 Å². The van der Waals surface area contributed by atoms with E-state index >= 15 is 0 Å². The predicted molar refractivity (Wildman–Crippen MR) is 94.7 cm³/mol. The monoisotopic (exact) mass is 388 g/mol. The summed E-state index contributed by atoms with van der Waals surface area (Å²) in [6, 6.07) is 6.26. The maximum absolute atomic E-state index is 13.1. The van der Waals surface area contributed by atoms with Crippen molar-refractivity contribution in [3.8, 4) is 0 Å². The van der Waals surface area contributed by atoms with Crippen LogP contribution in [0.2, 0.25) is 0 Å². The minimum absolute atomic E-state index is 0.136. The molecule has 0 aliphatic heterocycles. The molecule has 0 aliphatic carbocycles. The Hall–Kier alpha value is -2.16. The summed E-state index contributed by atoms with van der Waals surface area (Å²) < 4.78 is 50.8. The number of aromatic nitrogens is 1. The van der Waals surface area contributed by atoms with Crippen molar-refractivity contribution in [2.24, 2.45) is 4.99 Å². The van der Waals surface area contributed by atoms with Crippen LogP contribution in [0.15, 0.2) is 34.6 Å². The molecule has 2 N–H and O–H groups in total. The average Bonchev–Trinajstić information content (AvgIpc) is 3.04. The van der Waals surface area contributed by atoms with E-state index in [1.165, 1.54) is 12.1 Å². The third-order valence-electron chi connectivity index (χ3n) is 3.80. The highest BCUT2D eigenvalue weighted by atomic mass is 32.1. The summed E-state index contributed by atoms with van der Waals surface area (Å²) in [7, 11) is 1.57. The second-order valence-corrected chi connectivity index (χ2v) is 7.24. The van der Waals surface area contributed by atoms with Gasteiger partial charge in [0.25, 0.3) is 0 Å². The Balaban J connectivity index is 1.91. The minimum Gasteiger partial charge on any atom is -0.356 e. The lowest BCUT2D eigenvalue weighted by Gasteiger charge is -2.26. The summed E-state index contributed by atoms with van der Waals surface area (Å²) in [5, 5.41) is 7.38. The normalized spacial score (nSPS) is 13.0. The molecule has 2 aromatic rings. The number of nitrogens with one attached hydrogen (secondary N) is 2. The smallest absolute Gasteiger partial charge is 0.356 e. The molecule has 0 fully saturated rings. The zero-order valence-corrected chi connectivity index (χ0v) is 15.4. The van der Waals surface area contributed by atoms with Gasteiger partial charge in [-0.2, -0.15) is 13.2 Å². The number of halogens is 4. The molecular weight excluding hydrogens is 368 g/mol. The fourth-order valence-corrected chi connectivity index (χ4v) is 2.95. The Morgan fingerprint density at radius 1 is 1.15 bits per heavy atom. The largest absolute Gasteiger partial charge is 0.434 e. The van der Waals surface area contributed by atoms with Gasteiger partial charge < -0.3 is 10.6 Å². The second kappa shape index (κ2) is 8.03. The van der Waals surface area contributed by atoms with E-state index in [4.69, 9.17) is 0 Å². The Morgan fingerprint density at radius 2 is 1.81 bits per heavy atom. The first-order valence-electron chi connectivity index (χ1n) is 7.84. The molecule has 4 nitrogen and oxygen atoms in total. The summed E-state index contributed by atoms with van der Waals surface area (Å²) in [6.45, 7) is 4.63. The van der Waals surface area contributed by atoms with Gasteiger partial charge in [0.2, 0.25) is 0 Å². The minimum atomic E-state index is -4.44. The van der Waals surface area contributed by atoms with Crippen LogP contribution in [0.4, 0.5) is 17.6 Å². The number of alkyl halides is 3. The van der Waals surface area contributed by atoms with Gasteiger partial charge in [-0.3, -0.25) is 4.99 Å². The molecule has 0 aliphatic rings. The molecule has 2 rings (SSSR count). The van der Waals surface area contributed by atoms with Gasteiger partial charge in [-0.15, -0.1) is 11.3 Å². The van der Waals surface area contributed by atoms with E-state index in [-0.39, 0.29) is 17.8 Å². The van der Waals surface area contributed by atoms with Crippen LogP contribution in [0.5, 0.6) is 0 Å². The number of rotatable bonds is 5. The highest BCUT2D eigenvalue weighted by Crippen LogP contribution is 2.29. The number of hydrogen-bond donors (Lipinski definition) is 2. The van der Waals surface area contributed by atoms with E-state index in [1.807, 2.05) is 13.8 Å². The molecule has 0 saturated heterocycles. The van der Waals surface area contributed by atoms with Crippen LogP contribution >= 0.6 is 11.3 Å². The molecule has 0 radical (unpaired) electrons. The number of thiazole rings is 1. The summed E-state index contributed by atoms with van der Waals surface area (Å²) in [4.78, 5) is 7.62. The first-order chi connectivity index (χ1) is 12.1. The number of aliphatic imine (C=N–C) groups is 1. The Bertz CT molecular complexity index is 751. The van der Waals surface area contributed by atoms with Crippen LogP contribution in [0.3, 0.4) is 0 Å². The van der Waals surface area contributed by atoms with Gasteiger partial charge in [0, 0.05) is 24.4 Å². The van der Waals surface area contributed by atoms with Crippen LogP contribution in [-0.2, 0) is 18.1 Å². The molecule has 0 spiro atoms. The highest BCUT2D eigenvalue weighted by molar-refractivity contribution is 7.09. The first-order valence-corrected chi connectivity index (χ1v) is 8.72. The topological polar surface area (TPSA) is 49.3 Å². The lowest BCUT2D eigenvalue weighted by atomic mass is 9.84. The maximum atomic E-state index is 13.1. The molecule has 1 aromatic carbocycles. The molecule has 142 valence electrons. The zero-order chi connectivity index (χ0) is 19.4. The van der Waals surface area contributed by atoms with E-state index in [0.717, 1.165) is 22.3 Å². The molecule has 1 heterocycles. The predicted octanol–water partition coefficient (Wildman–Crippen LogP) is 3.94.